The maximum Gasteiger partial charge on any atom is 0.330 e. The predicted molar refractivity (Wildman–Crippen MR) is 82.3 cm³/mol. The van der Waals surface area contributed by atoms with E-state index in [9.17, 15) is 19.1 Å². The van der Waals surface area contributed by atoms with Crippen molar-refractivity contribution in [2.24, 2.45) is 0 Å². The lowest BCUT2D eigenvalue weighted by Crippen LogP contribution is -2.34. The van der Waals surface area contributed by atoms with Crippen LogP contribution in [0, 0.1) is 19.7 Å². The summed E-state index contributed by atoms with van der Waals surface area (Å²) in [5, 5.41) is 11.7. The molecule has 1 unspecified atom stereocenters. The molecule has 1 heterocycles. The predicted octanol–water partition coefficient (Wildman–Crippen LogP) is 1.80. The first kappa shape index (κ1) is 17.3. The van der Waals surface area contributed by atoms with Gasteiger partial charge in [0.05, 0.1) is 18.4 Å². The molecule has 2 rings (SSSR count). The monoisotopic (exact) mass is 333 g/mol. The third-order valence-electron chi connectivity index (χ3n) is 3.38. The first-order valence-electron chi connectivity index (χ1n) is 7.00. The number of hydrogen-bond acceptors (Lipinski definition) is 5. The van der Waals surface area contributed by atoms with Gasteiger partial charge in [-0.15, -0.1) is 0 Å². The fourth-order valence-electron chi connectivity index (χ4n) is 2.16. The van der Waals surface area contributed by atoms with E-state index in [0.717, 1.165) is 6.07 Å². The molecule has 0 spiro atoms. The van der Waals surface area contributed by atoms with Crippen LogP contribution in [0.4, 0.5) is 4.39 Å². The molecule has 0 radical (unpaired) electrons. The lowest BCUT2D eigenvalue weighted by atomic mass is 10.1. The van der Waals surface area contributed by atoms with Crippen LogP contribution in [-0.2, 0) is 4.79 Å². The normalized spacial score (nSPS) is 11.7. The summed E-state index contributed by atoms with van der Waals surface area (Å²) in [7, 11) is 1.30. The minimum Gasteiger partial charge on any atom is -0.494 e. The number of rotatable bonds is 5. The van der Waals surface area contributed by atoms with E-state index in [4.69, 9.17) is 4.74 Å². The number of aryl methyl sites for hydroxylation is 2. The highest BCUT2D eigenvalue weighted by Crippen LogP contribution is 2.22. The number of carboxylic acid groups (broad SMARTS) is 1. The van der Waals surface area contributed by atoms with Crippen molar-refractivity contribution in [3.8, 4) is 5.75 Å². The van der Waals surface area contributed by atoms with Crippen molar-refractivity contribution in [3.05, 3.63) is 52.9 Å². The topological polar surface area (TPSA) is 101 Å². The molecular formula is C16H16FN3O4. The molecule has 1 amide bonds. The van der Waals surface area contributed by atoms with Gasteiger partial charge in [0.1, 0.15) is 5.82 Å². The average Bonchev–Trinajstić information content (AvgIpc) is 2.52. The van der Waals surface area contributed by atoms with E-state index >= 15 is 0 Å². The molecule has 0 aliphatic carbocycles. The molecule has 2 aromatic rings. The lowest BCUT2D eigenvalue weighted by molar-refractivity contribution is -0.139. The van der Waals surface area contributed by atoms with Crippen molar-refractivity contribution >= 4 is 11.9 Å². The summed E-state index contributed by atoms with van der Waals surface area (Å²) >= 11 is 0. The zero-order valence-electron chi connectivity index (χ0n) is 13.3. The molecule has 2 N–H and O–H groups in total. The molecule has 1 aromatic carbocycles. The summed E-state index contributed by atoms with van der Waals surface area (Å²) in [4.78, 5) is 31.8. The van der Waals surface area contributed by atoms with E-state index < -0.39 is 23.7 Å². The molecule has 0 aliphatic rings. The van der Waals surface area contributed by atoms with Crippen molar-refractivity contribution in [3.63, 3.8) is 0 Å². The third-order valence-corrected chi connectivity index (χ3v) is 3.38. The standard InChI is InChI=1S/C16H16FN3O4/c1-8-11(7-18-9(2)19-8)15(21)20-14(16(22)23)10-4-5-13(24-3)12(17)6-10/h4-7,14H,1-3H3,(H,20,21)(H,22,23). The highest BCUT2D eigenvalue weighted by molar-refractivity contribution is 5.97. The first-order valence-corrected chi connectivity index (χ1v) is 7.00. The number of aromatic nitrogens is 2. The van der Waals surface area contributed by atoms with Gasteiger partial charge in [-0.25, -0.2) is 19.2 Å². The van der Waals surface area contributed by atoms with Crippen molar-refractivity contribution in [1.82, 2.24) is 15.3 Å². The maximum atomic E-state index is 13.8. The number of carboxylic acids is 1. The molecule has 0 aliphatic heterocycles. The summed E-state index contributed by atoms with van der Waals surface area (Å²) in [6.07, 6.45) is 1.32. The SMILES string of the molecule is COc1ccc(C(NC(=O)c2cnc(C)nc2C)C(=O)O)cc1F. The van der Waals surface area contributed by atoms with Crippen LogP contribution in [0.1, 0.15) is 33.5 Å². The minimum atomic E-state index is -1.42. The van der Waals surface area contributed by atoms with Crippen molar-refractivity contribution in [1.29, 1.82) is 0 Å². The molecule has 1 aromatic heterocycles. The molecule has 0 saturated carbocycles. The second kappa shape index (κ2) is 7.03. The third kappa shape index (κ3) is 3.65. The van der Waals surface area contributed by atoms with Crippen LogP contribution in [0.2, 0.25) is 0 Å². The highest BCUT2D eigenvalue weighted by Gasteiger charge is 2.25. The Balaban J connectivity index is 2.30. The number of benzene rings is 1. The van der Waals surface area contributed by atoms with Gasteiger partial charge < -0.3 is 15.2 Å². The Kier molecular flexibility index (Phi) is 5.08. The molecule has 0 fully saturated rings. The van der Waals surface area contributed by atoms with Gasteiger partial charge in [-0.05, 0) is 31.5 Å². The Labute approximate surface area is 137 Å². The highest BCUT2D eigenvalue weighted by atomic mass is 19.1. The smallest absolute Gasteiger partial charge is 0.330 e. The number of carbonyl (C=O) groups is 2. The van der Waals surface area contributed by atoms with Crippen molar-refractivity contribution in [2.45, 2.75) is 19.9 Å². The Bertz CT molecular complexity index is 795. The quantitative estimate of drug-likeness (QED) is 0.865. The van der Waals surface area contributed by atoms with E-state index in [2.05, 4.69) is 15.3 Å². The molecule has 0 saturated heterocycles. The Morgan fingerprint density at radius 1 is 1.33 bits per heavy atom. The second-order valence-electron chi connectivity index (χ2n) is 5.05. The number of halogens is 1. The summed E-state index contributed by atoms with van der Waals surface area (Å²) in [5.74, 6) is -2.21. The van der Waals surface area contributed by atoms with E-state index in [0.29, 0.717) is 11.5 Å². The molecular weight excluding hydrogens is 317 g/mol. The lowest BCUT2D eigenvalue weighted by Gasteiger charge is -2.16. The number of amides is 1. The van der Waals surface area contributed by atoms with Crippen LogP contribution < -0.4 is 10.1 Å². The summed E-state index contributed by atoms with van der Waals surface area (Å²) in [6.45, 7) is 3.29. The van der Waals surface area contributed by atoms with Gasteiger partial charge in [0, 0.05) is 6.20 Å². The number of carbonyl (C=O) groups excluding carboxylic acids is 1. The van der Waals surface area contributed by atoms with Gasteiger partial charge in [-0.2, -0.15) is 0 Å². The Morgan fingerprint density at radius 3 is 2.58 bits per heavy atom. The molecule has 8 heteroatoms. The summed E-state index contributed by atoms with van der Waals surface area (Å²) < 4.78 is 18.6. The number of nitrogens with zero attached hydrogens (tertiary/aromatic N) is 2. The van der Waals surface area contributed by atoms with Crippen LogP contribution in [0.3, 0.4) is 0 Å². The van der Waals surface area contributed by atoms with Crippen molar-refractivity contribution < 1.29 is 23.8 Å². The van der Waals surface area contributed by atoms with Gasteiger partial charge in [0.2, 0.25) is 0 Å². The van der Waals surface area contributed by atoms with E-state index in [1.54, 1.807) is 13.8 Å². The minimum absolute atomic E-state index is 0.0167. The summed E-state index contributed by atoms with van der Waals surface area (Å²) in [6, 6.07) is 2.27. The van der Waals surface area contributed by atoms with Crippen LogP contribution >= 0.6 is 0 Å². The number of methoxy groups -OCH3 is 1. The Morgan fingerprint density at radius 2 is 2.04 bits per heavy atom. The number of nitrogens with one attached hydrogen (secondary N) is 1. The van der Waals surface area contributed by atoms with E-state index in [1.807, 2.05) is 0 Å². The molecule has 126 valence electrons. The first-order chi connectivity index (χ1) is 11.3. The zero-order chi connectivity index (χ0) is 17.9. The fourth-order valence-corrected chi connectivity index (χ4v) is 2.16. The summed E-state index contributed by atoms with van der Waals surface area (Å²) in [5.41, 5.74) is 0.658. The molecule has 0 bridgehead atoms. The molecule has 7 nitrogen and oxygen atoms in total. The molecule has 1 atom stereocenters. The van der Waals surface area contributed by atoms with Gasteiger partial charge in [0.25, 0.3) is 5.91 Å². The van der Waals surface area contributed by atoms with E-state index in [1.165, 1.54) is 25.4 Å². The largest absolute Gasteiger partial charge is 0.494 e. The Hall–Kier alpha value is -3.03. The maximum absolute atomic E-state index is 13.8. The van der Waals surface area contributed by atoms with Gasteiger partial charge >= 0.3 is 5.97 Å². The van der Waals surface area contributed by atoms with Gasteiger partial charge in [0.15, 0.2) is 17.6 Å². The zero-order valence-corrected chi connectivity index (χ0v) is 13.3. The fraction of sp³-hybridized carbons (Fsp3) is 0.250. The van der Waals surface area contributed by atoms with Crippen LogP contribution in [0.15, 0.2) is 24.4 Å². The number of ether oxygens (including phenoxy) is 1. The van der Waals surface area contributed by atoms with Gasteiger partial charge in [-0.3, -0.25) is 4.79 Å². The van der Waals surface area contributed by atoms with Crippen LogP contribution in [0.5, 0.6) is 5.75 Å². The van der Waals surface area contributed by atoms with Crippen molar-refractivity contribution in [2.75, 3.05) is 7.11 Å². The van der Waals surface area contributed by atoms with E-state index in [-0.39, 0.29) is 16.9 Å². The van der Waals surface area contributed by atoms with Crippen LogP contribution in [-0.4, -0.2) is 34.1 Å². The number of hydrogen-bond donors (Lipinski definition) is 2. The molecule has 24 heavy (non-hydrogen) atoms. The van der Waals surface area contributed by atoms with Gasteiger partial charge in [-0.1, -0.05) is 6.07 Å². The average molecular weight is 333 g/mol. The second-order valence-corrected chi connectivity index (χ2v) is 5.05. The van der Waals surface area contributed by atoms with Crippen LogP contribution in [0.25, 0.3) is 0 Å². The number of aliphatic carboxylic acids is 1.